The quantitative estimate of drug-likeness (QED) is 0.796. The highest BCUT2D eigenvalue weighted by atomic mass is 15.3. The zero-order chi connectivity index (χ0) is 13.1. The van der Waals surface area contributed by atoms with Gasteiger partial charge in [0.1, 0.15) is 0 Å². The number of rotatable bonds is 2. The standard InChI is InChI=1S/C17H18N2/c1-13-9-11-15(12-10-13)18-19-17-8-4-6-14-5-2-3-7-16(14)17/h2-3,5,7,9-12,18H,4,6,8H2,1H3. The lowest BCUT2D eigenvalue weighted by atomic mass is 9.90. The van der Waals surface area contributed by atoms with Crippen molar-refractivity contribution in [2.24, 2.45) is 5.10 Å². The van der Waals surface area contributed by atoms with Crippen LogP contribution >= 0.6 is 0 Å². The molecule has 2 aromatic carbocycles. The maximum Gasteiger partial charge on any atom is 0.0682 e. The van der Waals surface area contributed by atoms with Crippen LogP contribution < -0.4 is 5.43 Å². The Morgan fingerprint density at radius 3 is 2.58 bits per heavy atom. The average molecular weight is 250 g/mol. The van der Waals surface area contributed by atoms with E-state index < -0.39 is 0 Å². The minimum atomic E-state index is 1.04. The van der Waals surface area contributed by atoms with Gasteiger partial charge in [0, 0.05) is 5.56 Å². The Balaban J connectivity index is 1.83. The summed E-state index contributed by atoms with van der Waals surface area (Å²) < 4.78 is 0. The molecule has 0 radical (unpaired) electrons. The number of hydrogen-bond acceptors (Lipinski definition) is 2. The van der Waals surface area contributed by atoms with E-state index in [1.54, 1.807) is 0 Å². The maximum absolute atomic E-state index is 4.59. The highest BCUT2D eigenvalue weighted by Crippen LogP contribution is 2.21. The first-order valence-electron chi connectivity index (χ1n) is 6.80. The first-order valence-corrected chi connectivity index (χ1v) is 6.80. The van der Waals surface area contributed by atoms with E-state index in [1.165, 1.54) is 35.2 Å². The predicted octanol–water partition coefficient (Wildman–Crippen LogP) is 4.15. The van der Waals surface area contributed by atoms with Gasteiger partial charge in [-0.25, -0.2) is 0 Å². The van der Waals surface area contributed by atoms with E-state index in [-0.39, 0.29) is 0 Å². The monoisotopic (exact) mass is 250 g/mol. The lowest BCUT2D eigenvalue weighted by molar-refractivity contribution is 0.837. The number of nitrogens with one attached hydrogen (secondary N) is 1. The number of fused-ring (bicyclic) bond motifs is 1. The minimum Gasteiger partial charge on any atom is -0.278 e. The summed E-state index contributed by atoms with van der Waals surface area (Å²) in [6, 6.07) is 16.9. The Kier molecular flexibility index (Phi) is 3.32. The summed E-state index contributed by atoms with van der Waals surface area (Å²) in [6.07, 6.45) is 3.40. The van der Waals surface area contributed by atoms with Crippen LogP contribution in [0.1, 0.15) is 29.5 Å². The fourth-order valence-corrected chi connectivity index (χ4v) is 2.48. The van der Waals surface area contributed by atoms with Crippen LogP contribution in [0.15, 0.2) is 53.6 Å². The first kappa shape index (κ1) is 12.0. The van der Waals surface area contributed by atoms with Crippen LogP contribution in [-0.2, 0) is 6.42 Å². The van der Waals surface area contributed by atoms with Crippen LogP contribution in [0.2, 0.25) is 0 Å². The van der Waals surface area contributed by atoms with Crippen LogP contribution in [-0.4, -0.2) is 5.71 Å². The molecular weight excluding hydrogens is 232 g/mol. The molecule has 2 nitrogen and oxygen atoms in total. The van der Waals surface area contributed by atoms with E-state index >= 15 is 0 Å². The summed E-state index contributed by atoms with van der Waals surface area (Å²) >= 11 is 0. The topological polar surface area (TPSA) is 24.4 Å². The second-order valence-corrected chi connectivity index (χ2v) is 5.05. The molecule has 2 aromatic rings. The third kappa shape index (κ3) is 2.68. The molecule has 0 atom stereocenters. The van der Waals surface area contributed by atoms with Crippen molar-refractivity contribution in [1.29, 1.82) is 0 Å². The molecule has 0 aromatic heterocycles. The molecule has 0 unspecified atom stereocenters. The molecule has 0 bridgehead atoms. The van der Waals surface area contributed by atoms with Crippen LogP contribution in [0.5, 0.6) is 0 Å². The largest absolute Gasteiger partial charge is 0.278 e. The Morgan fingerprint density at radius 2 is 1.74 bits per heavy atom. The maximum atomic E-state index is 4.59. The third-order valence-electron chi connectivity index (χ3n) is 3.56. The molecule has 0 saturated carbocycles. The summed E-state index contributed by atoms with van der Waals surface area (Å²) in [5.41, 5.74) is 9.36. The predicted molar refractivity (Wildman–Crippen MR) is 80.7 cm³/mol. The normalized spacial score (nSPS) is 16.2. The highest BCUT2D eigenvalue weighted by molar-refractivity contribution is 6.03. The molecule has 0 aliphatic heterocycles. The smallest absolute Gasteiger partial charge is 0.0682 e. The number of benzene rings is 2. The summed E-state index contributed by atoms with van der Waals surface area (Å²) in [7, 11) is 0. The molecule has 2 heteroatoms. The second-order valence-electron chi connectivity index (χ2n) is 5.05. The van der Waals surface area contributed by atoms with Crippen molar-refractivity contribution in [3.8, 4) is 0 Å². The van der Waals surface area contributed by atoms with Gasteiger partial charge in [0.25, 0.3) is 0 Å². The van der Waals surface area contributed by atoms with Gasteiger partial charge in [0.15, 0.2) is 0 Å². The lowest BCUT2D eigenvalue weighted by Gasteiger charge is -2.17. The third-order valence-corrected chi connectivity index (χ3v) is 3.56. The van der Waals surface area contributed by atoms with Crippen molar-refractivity contribution in [2.45, 2.75) is 26.2 Å². The molecule has 19 heavy (non-hydrogen) atoms. The van der Waals surface area contributed by atoms with Crippen molar-refractivity contribution >= 4 is 11.4 Å². The van der Waals surface area contributed by atoms with Crippen LogP contribution in [0.3, 0.4) is 0 Å². The van der Waals surface area contributed by atoms with Crippen molar-refractivity contribution in [3.63, 3.8) is 0 Å². The average Bonchev–Trinajstić information content (AvgIpc) is 2.47. The zero-order valence-corrected chi connectivity index (χ0v) is 11.2. The van der Waals surface area contributed by atoms with Gasteiger partial charge in [0.2, 0.25) is 0 Å². The van der Waals surface area contributed by atoms with Crippen molar-refractivity contribution in [3.05, 3.63) is 65.2 Å². The van der Waals surface area contributed by atoms with Crippen LogP contribution in [0, 0.1) is 6.92 Å². The molecule has 0 saturated heterocycles. The molecule has 1 N–H and O–H groups in total. The van der Waals surface area contributed by atoms with Crippen LogP contribution in [0.4, 0.5) is 5.69 Å². The summed E-state index contributed by atoms with van der Waals surface area (Å²) in [4.78, 5) is 0. The van der Waals surface area contributed by atoms with E-state index in [0.717, 1.165) is 12.1 Å². The van der Waals surface area contributed by atoms with Crippen molar-refractivity contribution in [2.75, 3.05) is 5.43 Å². The Labute approximate surface area is 114 Å². The van der Waals surface area contributed by atoms with Crippen molar-refractivity contribution < 1.29 is 0 Å². The summed E-state index contributed by atoms with van der Waals surface area (Å²) in [5.74, 6) is 0. The first-order chi connectivity index (χ1) is 9.33. The fourth-order valence-electron chi connectivity index (χ4n) is 2.48. The molecule has 0 amide bonds. The molecule has 0 fully saturated rings. The van der Waals surface area contributed by atoms with E-state index in [4.69, 9.17) is 0 Å². The zero-order valence-electron chi connectivity index (χ0n) is 11.2. The van der Waals surface area contributed by atoms with Gasteiger partial charge < -0.3 is 0 Å². The number of hydrazone groups is 1. The Bertz CT molecular complexity index is 597. The van der Waals surface area contributed by atoms with E-state index in [9.17, 15) is 0 Å². The highest BCUT2D eigenvalue weighted by Gasteiger charge is 2.14. The molecule has 0 spiro atoms. The Hall–Kier alpha value is -2.09. The number of anilines is 1. The molecule has 1 aliphatic carbocycles. The molecule has 1 aliphatic rings. The van der Waals surface area contributed by atoms with E-state index in [2.05, 4.69) is 66.0 Å². The van der Waals surface area contributed by atoms with Gasteiger partial charge in [-0.2, -0.15) is 5.10 Å². The summed E-state index contributed by atoms with van der Waals surface area (Å²) in [6.45, 7) is 2.09. The molecule has 96 valence electrons. The molecular formula is C17H18N2. The Morgan fingerprint density at radius 1 is 0.947 bits per heavy atom. The van der Waals surface area contributed by atoms with Crippen LogP contribution in [0.25, 0.3) is 0 Å². The molecule has 3 rings (SSSR count). The van der Waals surface area contributed by atoms with Gasteiger partial charge in [-0.1, -0.05) is 42.0 Å². The lowest BCUT2D eigenvalue weighted by Crippen LogP contribution is -2.13. The number of hydrogen-bond donors (Lipinski definition) is 1. The SMILES string of the molecule is Cc1ccc(NN=C2CCCc3ccccc32)cc1. The fraction of sp³-hybridized carbons (Fsp3) is 0.235. The van der Waals surface area contributed by atoms with Gasteiger partial charge in [-0.15, -0.1) is 0 Å². The second kappa shape index (κ2) is 5.27. The van der Waals surface area contributed by atoms with Gasteiger partial charge in [-0.3, -0.25) is 5.43 Å². The number of nitrogens with zero attached hydrogens (tertiary/aromatic N) is 1. The van der Waals surface area contributed by atoms with Gasteiger partial charge in [0.05, 0.1) is 11.4 Å². The van der Waals surface area contributed by atoms with E-state index in [0.29, 0.717) is 0 Å². The number of aryl methyl sites for hydroxylation is 2. The van der Waals surface area contributed by atoms with Crippen molar-refractivity contribution in [1.82, 2.24) is 0 Å². The van der Waals surface area contributed by atoms with E-state index in [1.807, 2.05) is 0 Å². The van der Waals surface area contributed by atoms with Gasteiger partial charge in [-0.05, 0) is 43.9 Å². The van der Waals surface area contributed by atoms with Gasteiger partial charge >= 0.3 is 0 Å². The summed E-state index contributed by atoms with van der Waals surface area (Å²) in [5, 5.41) is 4.59. The molecule has 0 heterocycles. The minimum absolute atomic E-state index is 1.04.